The first-order valence-corrected chi connectivity index (χ1v) is 7.44. The molecule has 0 N–H and O–H groups in total. The molecule has 2 rings (SSSR count). The van der Waals surface area contributed by atoms with Crippen molar-refractivity contribution in [3.05, 3.63) is 12.2 Å². The van der Waals surface area contributed by atoms with Gasteiger partial charge in [-0.3, -0.25) is 0 Å². The zero-order valence-corrected chi connectivity index (χ0v) is 11.7. The predicted molar refractivity (Wildman–Crippen MR) is 73.5 cm³/mol. The number of hydrogen-bond acceptors (Lipinski definition) is 0. The number of hydrogen-bond donors (Lipinski definition) is 0. The Morgan fingerprint density at radius 1 is 0.750 bits per heavy atom. The Hall–Kier alpha value is -0.260. The van der Waals surface area contributed by atoms with Gasteiger partial charge in [0.15, 0.2) is 0 Å². The van der Waals surface area contributed by atoms with Crippen LogP contribution >= 0.6 is 0 Å². The molecule has 0 heteroatoms. The summed E-state index contributed by atoms with van der Waals surface area (Å²) in [6.07, 6.45) is 13.8. The van der Waals surface area contributed by atoms with Crippen molar-refractivity contribution >= 4 is 0 Å². The lowest BCUT2D eigenvalue weighted by Gasteiger charge is -2.33. The molecule has 0 saturated heterocycles. The second-order valence-electron chi connectivity index (χ2n) is 5.62. The molecular formula is C16H30. The van der Waals surface area contributed by atoms with Gasteiger partial charge < -0.3 is 0 Å². The smallest absolute Gasteiger partial charge is 0.0205 e. The van der Waals surface area contributed by atoms with Gasteiger partial charge >= 0.3 is 0 Å². The molecular weight excluding hydrogens is 192 g/mol. The van der Waals surface area contributed by atoms with Gasteiger partial charge in [-0.05, 0) is 49.4 Å². The van der Waals surface area contributed by atoms with Gasteiger partial charge in [-0.25, -0.2) is 0 Å². The molecule has 0 aromatic carbocycles. The maximum absolute atomic E-state index is 2.52. The molecule has 16 heavy (non-hydrogen) atoms. The molecule has 0 aromatic heterocycles. The highest BCUT2D eigenvalue weighted by Gasteiger charge is 2.25. The maximum atomic E-state index is 2.52. The summed E-state index contributed by atoms with van der Waals surface area (Å²) < 4.78 is 0. The summed E-state index contributed by atoms with van der Waals surface area (Å²) in [5.74, 6) is 3.79. The first-order valence-electron chi connectivity index (χ1n) is 7.44. The van der Waals surface area contributed by atoms with E-state index in [1.807, 2.05) is 13.8 Å². The van der Waals surface area contributed by atoms with E-state index in [9.17, 15) is 0 Å². The Labute approximate surface area is 103 Å². The minimum Gasteiger partial charge on any atom is -0.0854 e. The SMILES string of the molecule is CC.CC1C=C[C@@H](C2CCC(C)CC2)CC1. The lowest BCUT2D eigenvalue weighted by atomic mass is 9.72. The monoisotopic (exact) mass is 222 g/mol. The van der Waals surface area contributed by atoms with Crippen molar-refractivity contribution in [3.63, 3.8) is 0 Å². The van der Waals surface area contributed by atoms with Gasteiger partial charge in [-0.15, -0.1) is 0 Å². The lowest BCUT2D eigenvalue weighted by Crippen LogP contribution is -2.21. The predicted octanol–water partition coefficient (Wildman–Crippen LogP) is 5.44. The van der Waals surface area contributed by atoms with Crippen LogP contribution in [0.3, 0.4) is 0 Å². The van der Waals surface area contributed by atoms with Crippen molar-refractivity contribution in [3.8, 4) is 0 Å². The molecule has 2 atom stereocenters. The van der Waals surface area contributed by atoms with Crippen LogP contribution in [0.4, 0.5) is 0 Å². The molecule has 0 spiro atoms. The maximum Gasteiger partial charge on any atom is -0.0205 e. The van der Waals surface area contributed by atoms with Gasteiger partial charge in [-0.2, -0.15) is 0 Å². The molecule has 0 radical (unpaired) electrons. The largest absolute Gasteiger partial charge is 0.0854 e. The molecule has 1 fully saturated rings. The second kappa shape index (κ2) is 7.14. The summed E-state index contributed by atoms with van der Waals surface area (Å²) in [6.45, 7) is 8.75. The topological polar surface area (TPSA) is 0 Å². The van der Waals surface area contributed by atoms with E-state index in [1.54, 1.807) is 0 Å². The van der Waals surface area contributed by atoms with Crippen LogP contribution < -0.4 is 0 Å². The van der Waals surface area contributed by atoms with E-state index in [-0.39, 0.29) is 0 Å². The van der Waals surface area contributed by atoms with E-state index in [2.05, 4.69) is 26.0 Å². The van der Waals surface area contributed by atoms with Gasteiger partial charge in [0, 0.05) is 0 Å². The zero-order valence-electron chi connectivity index (χ0n) is 11.7. The molecule has 0 nitrogen and oxygen atoms in total. The van der Waals surface area contributed by atoms with Gasteiger partial charge in [-0.1, -0.05) is 52.7 Å². The van der Waals surface area contributed by atoms with Crippen molar-refractivity contribution in [2.24, 2.45) is 23.7 Å². The summed E-state index contributed by atoms with van der Waals surface area (Å²) in [6, 6.07) is 0. The van der Waals surface area contributed by atoms with Crippen molar-refractivity contribution in [1.82, 2.24) is 0 Å². The van der Waals surface area contributed by atoms with E-state index >= 15 is 0 Å². The summed E-state index contributed by atoms with van der Waals surface area (Å²) in [4.78, 5) is 0. The van der Waals surface area contributed by atoms with Crippen LogP contribution in [0.25, 0.3) is 0 Å². The normalized spacial score (nSPS) is 38.8. The van der Waals surface area contributed by atoms with E-state index in [0.29, 0.717) is 0 Å². The fraction of sp³-hybridized carbons (Fsp3) is 0.875. The van der Waals surface area contributed by atoms with Crippen LogP contribution in [0.15, 0.2) is 12.2 Å². The van der Waals surface area contributed by atoms with Crippen LogP contribution in [-0.4, -0.2) is 0 Å². The second-order valence-corrected chi connectivity index (χ2v) is 5.62. The third-order valence-electron chi connectivity index (χ3n) is 4.31. The van der Waals surface area contributed by atoms with Gasteiger partial charge in [0.05, 0.1) is 0 Å². The quantitative estimate of drug-likeness (QED) is 0.518. The van der Waals surface area contributed by atoms with E-state index in [4.69, 9.17) is 0 Å². The Morgan fingerprint density at radius 3 is 1.88 bits per heavy atom. The first-order chi connectivity index (χ1) is 7.75. The Kier molecular flexibility index (Phi) is 6.16. The average molecular weight is 222 g/mol. The van der Waals surface area contributed by atoms with Crippen LogP contribution in [0.5, 0.6) is 0 Å². The highest BCUT2D eigenvalue weighted by Crippen LogP contribution is 2.38. The molecule has 94 valence electrons. The van der Waals surface area contributed by atoms with Crippen LogP contribution in [0.2, 0.25) is 0 Å². The summed E-state index contributed by atoms with van der Waals surface area (Å²) in [5, 5.41) is 0. The Morgan fingerprint density at radius 2 is 1.38 bits per heavy atom. The Bertz CT molecular complexity index is 196. The third-order valence-corrected chi connectivity index (χ3v) is 4.31. The fourth-order valence-corrected chi connectivity index (χ4v) is 3.09. The van der Waals surface area contributed by atoms with Crippen LogP contribution in [0, 0.1) is 23.7 Å². The molecule has 2 aliphatic rings. The van der Waals surface area contributed by atoms with E-state index < -0.39 is 0 Å². The van der Waals surface area contributed by atoms with Crippen molar-refractivity contribution in [2.75, 3.05) is 0 Å². The minimum atomic E-state index is 0.841. The molecule has 1 unspecified atom stereocenters. The molecule has 2 aliphatic carbocycles. The highest BCUT2D eigenvalue weighted by atomic mass is 14.3. The van der Waals surface area contributed by atoms with Crippen LogP contribution in [0.1, 0.15) is 66.2 Å². The molecule has 1 saturated carbocycles. The third kappa shape index (κ3) is 3.96. The summed E-state index contributed by atoms with van der Waals surface area (Å²) in [7, 11) is 0. The zero-order chi connectivity index (χ0) is 12.0. The highest BCUT2D eigenvalue weighted by molar-refractivity contribution is 4.99. The molecule has 0 heterocycles. The minimum absolute atomic E-state index is 0.841. The van der Waals surface area contributed by atoms with E-state index in [1.165, 1.54) is 38.5 Å². The fourth-order valence-electron chi connectivity index (χ4n) is 3.09. The van der Waals surface area contributed by atoms with Gasteiger partial charge in [0.2, 0.25) is 0 Å². The first kappa shape index (κ1) is 13.8. The molecule has 0 amide bonds. The average Bonchev–Trinajstić information content (AvgIpc) is 2.34. The van der Waals surface area contributed by atoms with Crippen molar-refractivity contribution in [2.45, 2.75) is 66.2 Å². The lowest BCUT2D eigenvalue weighted by molar-refractivity contribution is 0.222. The number of allylic oxidation sites excluding steroid dienone is 2. The number of rotatable bonds is 1. The molecule has 0 aliphatic heterocycles. The van der Waals surface area contributed by atoms with Gasteiger partial charge in [0.25, 0.3) is 0 Å². The summed E-state index contributed by atoms with van der Waals surface area (Å²) >= 11 is 0. The molecule has 0 bridgehead atoms. The van der Waals surface area contributed by atoms with Gasteiger partial charge in [0.1, 0.15) is 0 Å². The molecule has 0 aromatic rings. The summed E-state index contributed by atoms with van der Waals surface area (Å²) in [5.41, 5.74) is 0. The van der Waals surface area contributed by atoms with Crippen molar-refractivity contribution < 1.29 is 0 Å². The standard InChI is InChI=1S/C14H24.C2H6/c1-11-3-7-13(8-4-11)14-9-5-12(2)6-10-14;1-2/h3,7,11-14H,4-6,8-10H2,1-2H3;1-2H3/t11?,12?,13-,14?;/m1./s1. The van der Waals surface area contributed by atoms with E-state index in [0.717, 1.165) is 23.7 Å². The Balaban J connectivity index is 0.000000606. The van der Waals surface area contributed by atoms with Crippen LogP contribution in [-0.2, 0) is 0 Å². The van der Waals surface area contributed by atoms with Crippen molar-refractivity contribution in [1.29, 1.82) is 0 Å².